The largest absolute Gasteiger partial charge is 0.416 e. The lowest BCUT2D eigenvalue weighted by Crippen LogP contribution is -2.07. The summed E-state index contributed by atoms with van der Waals surface area (Å²) in [6, 6.07) is 4.85. The SMILES string of the molecule is Cc1nn(-c2cccc(C(F)(F)F)c2)c(N)c1Br. The van der Waals surface area contributed by atoms with Crippen molar-refractivity contribution < 1.29 is 13.2 Å². The number of anilines is 1. The summed E-state index contributed by atoms with van der Waals surface area (Å²) in [6.07, 6.45) is -4.38. The predicted molar refractivity (Wildman–Crippen MR) is 65.4 cm³/mol. The second-order valence-corrected chi connectivity index (χ2v) is 4.54. The third kappa shape index (κ3) is 2.22. The Balaban J connectivity index is 2.55. The number of hydrogen-bond donors (Lipinski definition) is 1. The van der Waals surface area contributed by atoms with Gasteiger partial charge in [-0.25, -0.2) is 4.68 Å². The molecule has 18 heavy (non-hydrogen) atoms. The molecule has 0 aliphatic carbocycles. The molecule has 2 rings (SSSR count). The molecule has 0 aliphatic heterocycles. The molecule has 7 heteroatoms. The molecular weight excluding hydrogens is 311 g/mol. The molecule has 2 N–H and O–H groups in total. The Morgan fingerprint density at radius 3 is 2.50 bits per heavy atom. The van der Waals surface area contributed by atoms with Crippen molar-refractivity contribution in [1.82, 2.24) is 9.78 Å². The fraction of sp³-hybridized carbons (Fsp3) is 0.182. The average molecular weight is 320 g/mol. The summed E-state index contributed by atoms with van der Waals surface area (Å²) < 4.78 is 39.7. The number of nitrogens with zero attached hydrogens (tertiary/aromatic N) is 2. The number of aromatic nitrogens is 2. The molecule has 1 aromatic heterocycles. The van der Waals surface area contributed by atoms with E-state index in [2.05, 4.69) is 21.0 Å². The number of nitrogen functional groups attached to an aromatic ring is 1. The van der Waals surface area contributed by atoms with E-state index in [0.29, 0.717) is 10.2 Å². The Bertz CT molecular complexity index is 590. The second kappa shape index (κ2) is 4.31. The average Bonchev–Trinajstić information content (AvgIpc) is 2.56. The van der Waals surface area contributed by atoms with E-state index in [-0.39, 0.29) is 11.5 Å². The zero-order valence-electron chi connectivity index (χ0n) is 9.29. The number of alkyl halides is 3. The summed E-state index contributed by atoms with van der Waals surface area (Å²) in [5, 5.41) is 4.08. The lowest BCUT2D eigenvalue weighted by molar-refractivity contribution is -0.137. The Hall–Kier alpha value is -1.50. The van der Waals surface area contributed by atoms with Crippen molar-refractivity contribution in [2.75, 3.05) is 5.73 Å². The van der Waals surface area contributed by atoms with Crippen LogP contribution in [-0.2, 0) is 6.18 Å². The fourth-order valence-electron chi connectivity index (χ4n) is 1.54. The zero-order chi connectivity index (χ0) is 13.5. The van der Waals surface area contributed by atoms with Crippen LogP contribution in [0.5, 0.6) is 0 Å². The number of halogens is 4. The Labute approximate surface area is 110 Å². The lowest BCUT2D eigenvalue weighted by atomic mass is 10.2. The van der Waals surface area contributed by atoms with Gasteiger partial charge in [0.2, 0.25) is 0 Å². The quantitative estimate of drug-likeness (QED) is 0.873. The minimum Gasteiger partial charge on any atom is -0.383 e. The smallest absolute Gasteiger partial charge is 0.383 e. The van der Waals surface area contributed by atoms with Gasteiger partial charge in [-0.05, 0) is 41.1 Å². The topological polar surface area (TPSA) is 43.8 Å². The lowest BCUT2D eigenvalue weighted by Gasteiger charge is -2.09. The summed E-state index contributed by atoms with van der Waals surface area (Å²) in [4.78, 5) is 0. The molecule has 2 aromatic rings. The van der Waals surface area contributed by atoms with Gasteiger partial charge in [-0.1, -0.05) is 6.07 Å². The van der Waals surface area contributed by atoms with Crippen LogP contribution in [0.15, 0.2) is 28.7 Å². The first-order valence-electron chi connectivity index (χ1n) is 4.99. The van der Waals surface area contributed by atoms with Crippen molar-refractivity contribution in [2.24, 2.45) is 0 Å². The normalized spacial score (nSPS) is 11.8. The van der Waals surface area contributed by atoms with Crippen LogP contribution in [0, 0.1) is 6.92 Å². The van der Waals surface area contributed by atoms with Gasteiger partial charge in [-0.3, -0.25) is 0 Å². The molecule has 0 saturated carbocycles. The molecule has 0 bridgehead atoms. The minimum atomic E-state index is -4.38. The fourth-order valence-corrected chi connectivity index (χ4v) is 1.78. The highest BCUT2D eigenvalue weighted by Crippen LogP contribution is 2.32. The minimum absolute atomic E-state index is 0.270. The standard InChI is InChI=1S/C11H9BrF3N3/c1-6-9(12)10(16)18(17-6)8-4-2-3-7(5-8)11(13,14)15/h2-5H,16H2,1H3. The van der Waals surface area contributed by atoms with Gasteiger partial charge < -0.3 is 5.73 Å². The van der Waals surface area contributed by atoms with Gasteiger partial charge in [0.1, 0.15) is 5.82 Å². The molecule has 0 amide bonds. The summed E-state index contributed by atoms with van der Waals surface area (Å²) in [7, 11) is 0. The van der Waals surface area contributed by atoms with Crippen molar-refractivity contribution in [3.63, 3.8) is 0 Å². The molecule has 0 saturated heterocycles. The molecule has 1 aromatic carbocycles. The van der Waals surface area contributed by atoms with Crippen molar-refractivity contribution in [3.8, 4) is 5.69 Å². The van der Waals surface area contributed by atoms with E-state index in [1.54, 1.807) is 6.92 Å². The van der Waals surface area contributed by atoms with E-state index in [0.717, 1.165) is 12.1 Å². The summed E-state index contributed by atoms with van der Waals surface area (Å²) >= 11 is 3.22. The molecule has 0 fully saturated rings. The molecule has 0 atom stereocenters. The number of nitrogens with two attached hydrogens (primary N) is 1. The van der Waals surface area contributed by atoms with Crippen LogP contribution in [0.25, 0.3) is 5.69 Å². The second-order valence-electron chi connectivity index (χ2n) is 3.74. The maximum Gasteiger partial charge on any atom is 0.416 e. The first kappa shape index (κ1) is 12.9. The van der Waals surface area contributed by atoms with Crippen LogP contribution in [0.1, 0.15) is 11.3 Å². The number of rotatable bonds is 1. The highest BCUT2D eigenvalue weighted by Gasteiger charge is 2.30. The first-order chi connectivity index (χ1) is 8.30. The Morgan fingerprint density at radius 1 is 1.33 bits per heavy atom. The van der Waals surface area contributed by atoms with Crippen LogP contribution >= 0.6 is 15.9 Å². The van der Waals surface area contributed by atoms with Gasteiger partial charge >= 0.3 is 6.18 Å². The number of hydrogen-bond acceptors (Lipinski definition) is 2. The van der Waals surface area contributed by atoms with E-state index in [1.807, 2.05) is 0 Å². The molecule has 1 heterocycles. The molecular formula is C11H9BrF3N3. The van der Waals surface area contributed by atoms with Crippen molar-refractivity contribution in [3.05, 3.63) is 40.0 Å². The van der Waals surface area contributed by atoms with Gasteiger partial charge in [-0.2, -0.15) is 18.3 Å². The number of benzene rings is 1. The van der Waals surface area contributed by atoms with Crippen LogP contribution in [0.3, 0.4) is 0 Å². The van der Waals surface area contributed by atoms with E-state index < -0.39 is 11.7 Å². The van der Waals surface area contributed by atoms with Crippen LogP contribution in [0.4, 0.5) is 19.0 Å². The predicted octanol–water partition coefficient (Wildman–Crippen LogP) is 3.54. The molecule has 0 unspecified atom stereocenters. The maximum atomic E-state index is 12.6. The van der Waals surface area contributed by atoms with E-state index in [1.165, 1.54) is 16.8 Å². The van der Waals surface area contributed by atoms with E-state index in [9.17, 15) is 13.2 Å². The first-order valence-corrected chi connectivity index (χ1v) is 5.78. The summed E-state index contributed by atoms with van der Waals surface area (Å²) in [6.45, 7) is 1.71. The molecule has 96 valence electrons. The molecule has 3 nitrogen and oxygen atoms in total. The van der Waals surface area contributed by atoms with Crippen LogP contribution < -0.4 is 5.73 Å². The van der Waals surface area contributed by atoms with Crippen molar-refractivity contribution in [1.29, 1.82) is 0 Å². The Morgan fingerprint density at radius 2 is 2.00 bits per heavy atom. The van der Waals surface area contributed by atoms with E-state index >= 15 is 0 Å². The van der Waals surface area contributed by atoms with Crippen molar-refractivity contribution in [2.45, 2.75) is 13.1 Å². The zero-order valence-corrected chi connectivity index (χ0v) is 10.9. The van der Waals surface area contributed by atoms with Gasteiger partial charge in [0.05, 0.1) is 21.4 Å². The van der Waals surface area contributed by atoms with Crippen LogP contribution in [-0.4, -0.2) is 9.78 Å². The summed E-state index contributed by atoms with van der Waals surface area (Å²) in [5.74, 6) is 0.270. The number of aryl methyl sites for hydroxylation is 1. The maximum absolute atomic E-state index is 12.6. The third-order valence-electron chi connectivity index (χ3n) is 2.44. The van der Waals surface area contributed by atoms with Crippen LogP contribution in [0.2, 0.25) is 0 Å². The van der Waals surface area contributed by atoms with Gasteiger partial charge in [0.15, 0.2) is 0 Å². The molecule has 0 spiro atoms. The van der Waals surface area contributed by atoms with Gasteiger partial charge in [0.25, 0.3) is 0 Å². The highest BCUT2D eigenvalue weighted by atomic mass is 79.9. The van der Waals surface area contributed by atoms with Gasteiger partial charge in [-0.15, -0.1) is 0 Å². The monoisotopic (exact) mass is 319 g/mol. The van der Waals surface area contributed by atoms with Crippen molar-refractivity contribution >= 4 is 21.7 Å². The molecule has 0 aliphatic rings. The third-order valence-corrected chi connectivity index (χ3v) is 3.42. The Kier molecular flexibility index (Phi) is 3.10. The van der Waals surface area contributed by atoms with E-state index in [4.69, 9.17) is 5.73 Å². The highest BCUT2D eigenvalue weighted by molar-refractivity contribution is 9.10. The molecule has 0 radical (unpaired) electrons. The van der Waals surface area contributed by atoms with Gasteiger partial charge in [0, 0.05) is 0 Å². The summed E-state index contributed by atoms with van der Waals surface area (Å²) in [5.41, 5.74) is 5.92.